The molecule has 0 saturated heterocycles. The number of aromatic nitrogens is 2. The first-order valence-electron chi connectivity index (χ1n) is 6.81. The molecule has 20 heavy (non-hydrogen) atoms. The van der Waals surface area contributed by atoms with Crippen LogP contribution >= 0.6 is 0 Å². The topological polar surface area (TPSA) is 48.3 Å². The van der Waals surface area contributed by atoms with Gasteiger partial charge in [0.25, 0.3) is 0 Å². The number of fused-ring (bicyclic) bond motifs is 1. The van der Waals surface area contributed by atoms with Crippen molar-refractivity contribution in [3.05, 3.63) is 41.2 Å². The third-order valence-corrected chi connectivity index (χ3v) is 3.62. The van der Waals surface area contributed by atoms with Crippen LogP contribution in [0.4, 0.5) is 0 Å². The van der Waals surface area contributed by atoms with Gasteiger partial charge in [-0.05, 0) is 13.0 Å². The molecular formula is C15H19N3O2. The smallest absolute Gasteiger partial charge is 0.165 e. The van der Waals surface area contributed by atoms with E-state index in [1.807, 2.05) is 30.1 Å². The maximum Gasteiger partial charge on any atom is 0.165 e. The van der Waals surface area contributed by atoms with Gasteiger partial charge in [0, 0.05) is 37.0 Å². The van der Waals surface area contributed by atoms with Crippen LogP contribution in [0.3, 0.4) is 0 Å². The fourth-order valence-corrected chi connectivity index (χ4v) is 2.32. The Labute approximate surface area is 118 Å². The van der Waals surface area contributed by atoms with E-state index in [2.05, 4.69) is 23.4 Å². The van der Waals surface area contributed by atoms with Crippen molar-refractivity contribution in [2.45, 2.75) is 20.0 Å². The van der Waals surface area contributed by atoms with Crippen molar-refractivity contribution in [1.29, 1.82) is 0 Å². The number of nitrogens with zero attached hydrogens (tertiary/aromatic N) is 2. The number of ether oxygens (including phenoxy) is 2. The molecule has 0 atom stereocenters. The van der Waals surface area contributed by atoms with E-state index in [1.54, 1.807) is 0 Å². The minimum Gasteiger partial charge on any atom is -0.486 e. The molecule has 0 bridgehead atoms. The number of hydrogen-bond acceptors (Lipinski definition) is 4. The molecule has 0 aliphatic carbocycles. The van der Waals surface area contributed by atoms with Gasteiger partial charge in [0.05, 0.1) is 6.20 Å². The Kier molecular flexibility index (Phi) is 3.60. The van der Waals surface area contributed by atoms with Gasteiger partial charge in [-0.25, -0.2) is 0 Å². The molecule has 1 aromatic heterocycles. The molecule has 1 aliphatic rings. The first kappa shape index (κ1) is 13.0. The van der Waals surface area contributed by atoms with Crippen LogP contribution in [0.25, 0.3) is 0 Å². The van der Waals surface area contributed by atoms with Crippen LogP contribution in [0.15, 0.2) is 24.4 Å². The lowest BCUT2D eigenvalue weighted by Gasteiger charge is -2.21. The summed E-state index contributed by atoms with van der Waals surface area (Å²) in [5.74, 6) is 1.71. The monoisotopic (exact) mass is 273 g/mol. The molecule has 0 unspecified atom stereocenters. The van der Waals surface area contributed by atoms with Crippen molar-refractivity contribution >= 4 is 0 Å². The lowest BCUT2D eigenvalue weighted by Crippen LogP contribution is -2.19. The predicted octanol–water partition coefficient (Wildman–Crippen LogP) is 1.79. The highest BCUT2D eigenvalue weighted by Gasteiger charge is 2.15. The lowest BCUT2D eigenvalue weighted by atomic mass is 10.1. The second kappa shape index (κ2) is 5.54. The minimum atomic E-state index is 0.617. The van der Waals surface area contributed by atoms with E-state index < -0.39 is 0 Å². The van der Waals surface area contributed by atoms with Crippen molar-refractivity contribution in [3.63, 3.8) is 0 Å². The van der Waals surface area contributed by atoms with Crippen molar-refractivity contribution in [1.82, 2.24) is 15.1 Å². The van der Waals surface area contributed by atoms with E-state index >= 15 is 0 Å². The molecular weight excluding hydrogens is 254 g/mol. The van der Waals surface area contributed by atoms with E-state index in [9.17, 15) is 0 Å². The summed E-state index contributed by atoms with van der Waals surface area (Å²) in [6.07, 6.45) is 1.91. The largest absolute Gasteiger partial charge is 0.486 e. The van der Waals surface area contributed by atoms with Crippen molar-refractivity contribution in [2.24, 2.45) is 7.05 Å². The molecule has 0 fully saturated rings. The molecule has 2 aromatic rings. The van der Waals surface area contributed by atoms with E-state index in [1.165, 1.54) is 11.3 Å². The molecule has 0 saturated carbocycles. The molecule has 1 aliphatic heterocycles. The van der Waals surface area contributed by atoms with Crippen LogP contribution in [0.2, 0.25) is 0 Å². The number of nitrogens with one attached hydrogen (secondary N) is 1. The predicted molar refractivity (Wildman–Crippen MR) is 75.9 cm³/mol. The number of aryl methyl sites for hydroxylation is 1. The standard InChI is InChI=1S/C15H19N3O2/c1-11-13(10-17-18(11)2)9-16-8-12-4-3-5-14-15(12)20-7-6-19-14/h3-5,10,16H,6-9H2,1-2H3. The number of hydrogen-bond donors (Lipinski definition) is 1. The van der Waals surface area contributed by atoms with Crippen LogP contribution in [-0.4, -0.2) is 23.0 Å². The summed E-state index contributed by atoms with van der Waals surface area (Å²) in [4.78, 5) is 0. The van der Waals surface area contributed by atoms with Gasteiger partial charge in [0.15, 0.2) is 11.5 Å². The maximum absolute atomic E-state index is 5.70. The van der Waals surface area contributed by atoms with Crippen LogP contribution in [0, 0.1) is 6.92 Å². The fraction of sp³-hybridized carbons (Fsp3) is 0.400. The first-order valence-corrected chi connectivity index (χ1v) is 6.81. The highest BCUT2D eigenvalue weighted by Crippen LogP contribution is 2.33. The van der Waals surface area contributed by atoms with E-state index in [0.717, 1.165) is 30.2 Å². The van der Waals surface area contributed by atoms with Gasteiger partial charge in [0.2, 0.25) is 0 Å². The zero-order valence-corrected chi connectivity index (χ0v) is 11.8. The summed E-state index contributed by atoms with van der Waals surface area (Å²) in [6.45, 7) is 4.86. The molecule has 0 amide bonds. The SMILES string of the molecule is Cc1c(CNCc2cccc3c2OCCO3)cnn1C. The van der Waals surface area contributed by atoms with Crippen molar-refractivity contribution in [3.8, 4) is 11.5 Å². The molecule has 5 heteroatoms. The minimum absolute atomic E-state index is 0.617. The Morgan fingerprint density at radius 2 is 2.00 bits per heavy atom. The molecule has 106 valence electrons. The summed E-state index contributed by atoms with van der Waals surface area (Å²) >= 11 is 0. The van der Waals surface area contributed by atoms with Gasteiger partial charge in [-0.1, -0.05) is 12.1 Å². The fourth-order valence-electron chi connectivity index (χ4n) is 2.32. The zero-order valence-electron chi connectivity index (χ0n) is 11.8. The zero-order chi connectivity index (χ0) is 13.9. The summed E-state index contributed by atoms with van der Waals surface area (Å²) < 4.78 is 13.2. The Bertz CT molecular complexity index is 607. The highest BCUT2D eigenvalue weighted by atomic mass is 16.6. The van der Waals surface area contributed by atoms with Gasteiger partial charge in [-0.3, -0.25) is 4.68 Å². The molecule has 1 aromatic carbocycles. The van der Waals surface area contributed by atoms with Gasteiger partial charge in [-0.15, -0.1) is 0 Å². The Morgan fingerprint density at radius 1 is 1.20 bits per heavy atom. The summed E-state index contributed by atoms with van der Waals surface area (Å²) in [5, 5.41) is 7.68. The van der Waals surface area contributed by atoms with E-state index in [4.69, 9.17) is 9.47 Å². The van der Waals surface area contributed by atoms with Crippen LogP contribution in [0.5, 0.6) is 11.5 Å². The Hall–Kier alpha value is -2.01. The molecule has 3 rings (SSSR count). The molecule has 1 N–H and O–H groups in total. The quantitative estimate of drug-likeness (QED) is 0.922. The van der Waals surface area contributed by atoms with Gasteiger partial charge >= 0.3 is 0 Å². The second-order valence-electron chi connectivity index (χ2n) is 4.92. The number of rotatable bonds is 4. The average molecular weight is 273 g/mol. The first-order chi connectivity index (χ1) is 9.75. The third kappa shape index (κ3) is 2.49. The maximum atomic E-state index is 5.70. The summed E-state index contributed by atoms with van der Waals surface area (Å²) in [7, 11) is 1.96. The van der Waals surface area contributed by atoms with Crippen LogP contribution in [-0.2, 0) is 20.1 Å². The summed E-state index contributed by atoms with van der Waals surface area (Å²) in [6, 6.07) is 6.01. The lowest BCUT2D eigenvalue weighted by molar-refractivity contribution is 0.169. The number of benzene rings is 1. The molecule has 5 nitrogen and oxygen atoms in total. The van der Waals surface area contributed by atoms with Crippen LogP contribution in [0.1, 0.15) is 16.8 Å². The Morgan fingerprint density at radius 3 is 2.80 bits per heavy atom. The summed E-state index contributed by atoms with van der Waals surface area (Å²) in [5.41, 5.74) is 3.53. The second-order valence-corrected chi connectivity index (χ2v) is 4.92. The van der Waals surface area contributed by atoms with Gasteiger partial charge < -0.3 is 14.8 Å². The Balaban J connectivity index is 1.65. The van der Waals surface area contributed by atoms with Gasteiger partial charge in [-0.2, -0.15) is 5.10 Å². The third-order valence-electron chi connectivity index (χ3n) is 3.62. The van der Waals surface area contributed by atoms with E-state index in [-0.39, 0.29) is 0 Å². The molecule has 2 heterocycles. The molecule has 0 radical (unpaired) electrons. The number of para-hydroxylation sites is 1. The molecule has 0 spiro atoms. The average Bonchev–Trinajstić information content (AvgIpc) is 2.79. The van der Waals surface area contributed by atoms with Crippen LogP contribution < -0.4 is 14.8 Å². The normalized spacial score (nSPS) is 13.5. The highest BCUT2D eigenvalue weighted by molar-refractivity contribution is 5.47. The van der Waals surface area contributed by atoms with Gasteiger partial charge in [0.1, 0.15) is 13.2 Å². The van der Waals surface area contributed by atoms with Crippen molar-refractivity contribution in [2.75, 3.05) is 13.2 Å². The van der Waals surface area contributed by atoms with E-state index in [0.29, 0.717) is 13.2 Å². The van der Waals surface area contributed by atoms with Crippen molar-refractivity contribution < 1.29 is 9.47 Å².